The zero-order valence-corrected chi connectivity index (χ0v) is 13.1. The van der Waals surface area contributed by atoms with Crippen molar-refractivity contribution in [2.75, 3.05) is 0 Å². The van der Waals surface area contributed by atoms with E-state index in [9.17, 15) is 9.59 Å². The van der Waals surface area contributed by atoms with Crippen molar-refractivity contribution < 1.29 is 9.59 Å². The second kappa shape index (κ2) is 5.28. The molecule has 3 aliphatic rings. The van der Waals surface area contributed by atoms with Crippen LogP contribution < -0.4 is 0 Å². The van der Waals surface area contributed by atoms with E-state index in [0.717, 1.165) is 46.9 Å². The van der Waals surface area contributed by atoms with Crippen LogP contribution in [0.2, 0.25) is 0 Å². The van der Waals surface area contributed by atoms with Crippen LogP contribution in [0.15, 0.2) is 34.3 Å². The van der Waals surface area contributed by atoms with Gasteiger partial charge in [0.05, 0.1) is 0 Å². The minimum Gasteiger partial charge on any atom is -0.298 e. The summed E-state index contributed by atoms with van der Waals surface area (Å²) in [7, 11) is 0. The summed E-state index contributed by atoms with van der Waals surface area (Å²) >= 11 is 3.46. The number of ketones is 2. The summed E-state index contributed by atoms with van der Waals surface area (Å²) in [6.45, 7) is 2.06. The minimum absolute atomic E-state index is 0.0267. The second-order valence-corrected chi connectivity index (χ2v) is 6.51. The molecule has 0 N–H and O–H groups in total. The molecular weight excluding hydrogens is 316 g/mol. The molecule has 1 aromatic rings. The van der Waals surface area contributed by atoms with E-state index in [1.165, 1.54) is 0 Å². The Bertz CT molecular complexity index is 615. The highest BCUT2D eigenvalue weighted by Gasteiger charge is 2.40. The van der Waals surface area contributed by atoms with Crippen molar-refractivity contribution in [2.45, 2.75) is 38.5 Å². The van der Waals surface area contributed by atoms with E-state index >= 15 is 0 Å². The Morgan fingerprint density at radius 3 is 2.75 bits per heavy atom. The zero-order valence-electron chi connectivity index (χ0n) is 11.5. The summed E-state index contributed by atoms with van der Waals surface area (Å²) in [5.74, 6) is -0.406. The van der Waals surface area contributed by atoms with Crippen molar-refractivity contribution in [2.24, 2.45) is 5.92 Å². The van der Waals surface area contributed by atoms with Crippen LogP contribution >= 0.6 is 15.9 Å². The van der Waals surface area contributed by atoms with Crippen LogP contribution in [-0.2, 0) is 16.0 Å². The standard InChI is InChI=1S/C17H17BrO2/c1-2-10-7-8-13(18)9-14(10)15-16(19)11-3-4-12(6-5-11)17(15)20/h3,7-9,12,15H,2,4-6H2,1H3/t12-,15?/m1/s1. The monoisotopic (exact) mass is 332 g/mol. The Morgan fingerprint density at radius 1 is 1.30 bits per heavy atom. The first-order valence-corrected chi connectivity index (χ1v) is 7.96. The van der Waals surface area contributed by atoms with Crippen LogP contribution in [0.4, 0.5) is 0 Å². The maximum Gasteiger partial charge on any atom is 0.173 e. The number of halogens is 1. The van der Waals surface area contributed by atoms with E-state index in [0.29, 0.717) is 0 Å². The van der Waals surface area contributed by atoms with Gasteiger partial charge in [-0.3, -0.25) is 9.59 Å². The van der Waals surface area contributed by atoms with Gasteiger partial charge >= 0.3 is 0 Å². The molecule has 20 heavy (non-hydrogen) atoms. The van der Waals surface area contributed by atoms with Crippen molar-refractivity contribution in [1.82, 2.24) is 0 Å². The molecule has 104 valence electrons. The summed E-state index contributed by atoms with van der Waals surface area (Å²) in [4.78, 5) is 25.4. The van der Waals surface area contributed by atoms with Crippen LogP contribution in [0.5, 0.6) is 0 Å². The van der Waals surface area contributed by atoms with Crippen LogP contribution in [-0.4, -0.2) is 11.6 Å². The molecule has 0 aliphatic heterocycles. The minimum atomic E-state index is -0.580. The predicted octanol–water partition coefficient (Wildman–Crippen LogP) is 3.97. The molecule has 0 spiro atoms. The molecule has 4 rings (SSSR count). The molecule has 0 heterocycles. The summed E-state index contributed by atoms with van der Waals surface area (Å²) in [6.07, 6.45) is 5.16. The third-order valence-electron chi connectivity index (χ3n) is 4.48. The number of fused-ring (bicyclic) bond motifs is 4. The van der Waals surface area contributed by atoms with Crippen molar-refractivity contribution >= 4 is 27.5 Å². The Labute approximate surface area is 127 Å². The SMILES string of the molecule is CCc1ccc(Br)cc1C1C(=O)C2=CC[C@H](CC2)C1=O. The van der Waals surface area contributed by atoms with Crippen molar-refractivity contribution in [1.29, 1.82) is 0 Å². The number of rotatable bonds is 2. The highest BCUT2D eigenvalue weighted by atomic mass is 79.9. The van der Waals surface area contributed by atoms with Crippen LogP contribution in [0.25, 0.3) is 0 Å². The van der Waals surface area contributed by atoms with Crippen molar-refractivity contribution in [3.63, 3.8) is 0 Å². The molecule has 0 saturated heterocycles. The number of carbonyl (C=O) groups excluding carboxylic acids is 2. The van der Waals surface area contributed by atoms with Gasteiger partial charge in [-0.25, -0.2) is 0 Å². The fraction of sp³-hybridized carbons (Fsp3) is 0.412. The maximum absolute atomic E-state index is 12.7. The van der Waals surface area contributed by atoms with Gasteiger partial charge in [0.25, 0.3) is 0 Å². The predicted molar refractivity (Wildman–Crippen MR) is 81.7 cm³/mol. The Kier molecular flexibility index (Phi) is 3.63. The lowest BCUT2D eigenvalue weighted by Gasteiger charge is -2.18. The Hall–Kier alpha value is -1.22. The van der Waals surface area contributed by atoms with Gasteiger partial charge in [0, 0.05) is 10.4 Å². The third-order valence-corrected chi connectivity index (χ3v) is 4.97. The Balaban J connectivity index is 2.13. The quantitative estimate of drug-likeness (QED) is 0.768. The lowest BCUT2D eigenvalue weighted by Crippen LogP contribution is -2.25. The normalized spacial score (nSPS) is 25.6. The van der Waals surface area contributed by atoms with Crippen LogP contribution in [0.1, 0.15) is 43.2 Å². The van der Waals surface area contributed by atoms with Gasteiger partial charge in [-0.05, 0) is 54.5 Å². The fourth-order valence-corrected chi connectivity index (χ4v) is 3.70. The van der Waals surface area contributed by atoms with E-state index in [1.54, 1.807) is 0 Å². The molecule has 3 aliphatic carbocycles. The first-order chi connectivity index (χ1) is 9.61. The molecule has 1 unspecified atom stereocenters. The molecule has 2 atom stereocenters. The van der Waals surface area contributed by atoms with Gasteiger partial charge in [-0.15, -0.1) is 0 Å². The van der Waals surface area contributed by atoms with Crippen molar-refractivity contribution in [3.05, 3.63) is 45.4 Å². The van der Waals surface area contributed by atoms with Gasteiger partial charge in [0.15, 0.2) is 11.6 Å². The number of aryl methyl sites for hydroxylation is 1. The molecule has 2 bridgehead atoms. The molecule has 0 amide bonds. The Morgan fingerprint density at radius 2 is 2.10 bits per heavy atom. The summed E-state index contributed by atoms with van der Waals surface area (Å²) in [6, 6.07) is 5.94. The highest BCUT2D eigenvalue weighted by molar-refractivity contribution is 9.10. The van der Waals surface area contributed by atoms with Gasteiger partial charge in [-0.2, -0.15) is 0 Å². The van der Waals surface area contributed by atoms with Crippen molar-refractivity contribution in [3.8, 4) is 0 Å². The third kappa shape index (κ3) is 2.18. The number of carbonyl (C=O) groups is 2. The smallest absolute Gasteiger partial charge is 0.173 e. The van der Waals surface area contributed by atoms with E-state index in [1.807, 2.05) is 24.3 Å². The number of hydrogen-bond acceptors (Lipinski definition) is 2. The highest BCUT2D eigenvalue weighted by Crippen LogP contribution is 2.39. The van der Waals surface area contributed by atoms with E-state index in [2.05, 4.69) is 22.9 Å². The van der Waals surface area contributed by atoms with Gasteiger partial charge in [-0.1, -0.05) is 35.0 Å². The molecule has 3 heteroatoms. The van der Waals surface area contributed by atoms with Crippen LogP contribution in [0.3, 0.4) is 0 Å². The molecule has 0 aromatic heterocycles. The van der Waals surface area contributed by atoms with Gasteiger partial charge in [0.1, 0.15) is 5.92 Å². The molecule has 0 radical (unpaired) electrons. The molecule has 1 saturated carbocycles. The van der Waals surface area contributed by atoms with Gasteiger partial charge < -0.3 is 0 Å². The first-order valence-electron chi connectivity index (χ1n) is 7.17. The number of benzene rings is 1. The summed E-state index contributed by atoms with van der Waals surface area (Å²) in [5.41, 5.74) is 2.86. The molecule has 1 fully saturated rings. The zero-order chi connectivity index (χ0) is 14.3. The molecule has 2 nitrogen and oxygen atoms in total. The summed E-state index contributed by atoms with van der Waals surface area (Å²) in [5, 5.41) is 0. The van der Waals surface area contributed by atoms with Crippen LogP contribution in [0, 0.1) is 5.92 Å². The average Bonchev–Trinajstić information content (AvgIpc) is 2.65. The van der Waals surface area contributed by atoms with E-state index in [-0.39, 0.29) is 17.5 Å². The molecular formula is C17H17BrO2. The van der Waals surface area contributed by atoms with E-state index in [4.69, 9.17) is 0 Å². The summed E-state index contributed by atoms with van der Waals surface area (Å²) < 4.78 is 0.927. The number of hydrogen-bond donors (Lipinski definition) is 0. The largest absolute Gasteiger partial charge is 0.298 e. The van der Waals surface area contributed by atoms with Gasteiger partial charge in [0.2, 0.25) is 0 Å². The molecule has 1 aromatic carbocycles. The fourth-order valence-electron chi connectivity index (χ4n) is 3.32. The number of Topliss-reactive ketones (excluding diaryl/α,β-unsaturated/α-hetero) is 2. The second-order valence-electron chi connectivity index (χ2n) is 5.60. The maximum atomic E-state index is 12.7. The van der Waals surface area contributed by atoms with E-state index < -0.39 is 5.92 Å². The lowest BCUT2D eigenvalue weighted by atomic mass is 9.83. The lowest BCUT2D eigenvalue weighted by molar-refractivity contribution is -0.128. The average molecular weight is 333 g/mol. The number of allylic oxidation sites excluding steroid dienone is 2. The topological polar surface area (TPSA) is 34.1 Å². The first kappa shape index (κ1) is 13.7.